The van der Waals surface area contributed by atoms with E-state index in [0.717, 1.165) is 13.0 Å². The van der Waals surface area contributed by atoms with Gasteiger partial charge in [0.1, 0.15) is 0 Å². The summed E-state index contributed by atoms with van der Waals surface area (Å²) in [5, 5.41) is 9.08. The molecule has 1 unspecified atom stereocenters. The monoisotopic (exact) mass is 356 g/mol. The minimum Gasteiger partial charge on any atom is -0.391 e. The van der Waals surface area contributed by atoms with Crippen molar-refractivity contribution in [1.29, 1.82) is 0 Å². The van der Waals surface area contributed by atoms with Gasteiger partial charge in [-0.15, -0.1) is 0 Å². The normalized spacial score (nSPS) is 12.6. The average Bonchev–Trinajstić information content (AvgIpc) is 2.60. The molecule has 2 heteroatoms. The highest BCUT2D eigenvalue weighted by atomic mass is 16.5. The number of ether oxygens (including phenoxy) is 1. The largest absolute Gasteiger partial charge is 0.391 e. The minimum atomic E-state index is -0.324. The highest BCUT2D eigenvalue weighted by Crippen LogP contribution is 2.14. The Labute approximate surface area is 159 Å². The van der Waals surface area contributed by atoms with Gasteiger partial charge in [0, 0.05) is 6.61 Å². The zero-order chi connectivity index (χ0) is 18.4. The first-order valence-electron chi connectivity index (χ1n) is 11.5. The van der Waals surface area contributed by atoms with Crippen LogP contribution in [0.1, 0.15) is 129 Å². The van der Waals surface area contributed by atoms with Crippen LogP contribution in [0.3, 0.4) is 0 Å². The highest BCUT2D eigenvalue weighted by molar-refractivity contribution is 4.50. The van der Waals surface area contributed by atoms with Crippen LogP contribution in [0.2, 0.25) is 0 Å². The van der Waals surface area contributed by atoms with Crippen LogP contribution < -0.4 is 0 Å². The lowest BCUT2D eigenvalue weighted by atomic mass is 10.0. The van der Waals surface area contributed by atoms with E-state index >= 15 is 0 Å². The molecule has 0 aliphatic rings. The van der Waals surface area contributed by atoms with E-state index in [-0.39, 0.29) is 6.10 Å². The van der Waals surface area contributed by atoms with E-state index in [1.807, 2.05) is 0 Å². The zero-order valence-electron chi connectivity index (χ0n) is 17.6. The van der Waals surface area contributed by atoms with E-state index in [1.165, 1.54) is 109 Å². The standard InChI is InChI=1S/C23H48O2/c1-3-4-5-6-7-8-9-10-11-12-13-14-15-16-17-18-19-20-21-25-22-23(2)24/h23-24H,3-22H2,1-2H3. The number of unbranched alkanes of at least 4 members (excludes halogenated alkanes) is 17. The first-order chi connectivity index (χ1) is 12.3. The Morgan fingerprint density at radius 2 is 0.880 bits per heavy atom. The molecule has 0 aromatic rings. The van der Waals surface area contributed by atoms with E-state index in [1.54, 1.807) is 6.92 Å². The summed E-state index contributed by atoms with van der Waals surface area (Å²) in [6.07, 6.45) is 25.0. The van der Waals surface area contributed by atoms with Gasteiger partial charge in [0.15, 0.2) is 0 Å². The molecule has 2 nitrogen and oxygen atoms in total. The SMILES string of the molecule is CCCCCCCCCCCCCCCCCCCCOCC(C)O. The number of aliphatic hydroxyl groups excluding tert-OH is 1. The van der Waals surface area contributed by atoms with Crippen molar-refractivity contribution < 1.29 is 9.84 Å². The lowest BCUT2D eigenvalue weighted by Crippen LogP contribution is -2.10. The summed E-state index contributed by atoms with van der Waals surface area (Å²) < 4.78 is 5.37. The third-order valence-electron chi connectivity index (χ3n) is 5.00. The van der Waals surface area contributed by atoms with Gasteiger partial charge in [-0.1, -0.05) is 116 Å². The predicted molar refractivity (Wildman–Crippen MR) is 111 cm³/mol. The summed E-state index contributed by atoms with van der Waals surface area (Å²) in [4.78, 5) is 0. The molecule has 0 amide bonds. The zero-order valence-corrected chi connectivity index (χ0v) is 17.6. The molecule has 0 fully saturated rings. The van der Waals surface area contributed by atoms with Crippen molar-refractivity contribution in [2.75, 3.05) is 13.2 Å². The van der Waals surface area contributed by atoms with E-state index in [9.17, 15) is 0 Å². The van der Waals surface area contributed by atoms with Gasteiger partial charge in [0.25, 0.3) is 0 Å². The van der Waals surface area contributed by atoms with Gasteiger partial charge in [0.05, 0.1) is 12.7 Å². The highest BCUT2D eigenvalue weighted by Gasteiger charge is 1.96. The first-order valence-corrected chi connectivity index (χ1v) is 11.5. The number of hydrogen-bond donors (Lipinski definition) is 1. The fraction of sp³-hybridized carbons (Fsp3) is 1.00. The van der Waals surface area contributed by atoms with Crippen molar-refractivity contribution in [3.05, 3.63) is 0 Å². The Hall–Kier alpha value is -0.0800. The van der Waals surface area contributed by atoms with Gasteiger partial charge in [-0.25, -0.2) is 0 Å². The number of hydrogen-bond acceptors (Lipinski definition) is 2. The maximum atomic E-state index is 9.08. The van der Waals surface area contributed by atoms with Crippen LogP contribution in [0, 0.1) is 0 Å². The Morgan fingerprint density at radius 1 is 0.560 bits per heavy atom. The quantitative estimate of drug-likeness (QED) is 0.217. The van der Waals surface area contributed by atoms with Gasteiger partial charge in [-0.2, -0.15) is 0 Å². The minimum absolute atomic E-state index is 0.324. The summed E-state index contributed by atoms with van der Waals surface area (Å²) in [5.41, 5.74) is 0. The Balaban J connectivity index is 2.96. The topological polar surface area (TPSA) is 29.5 Å². The molecule has 0 aromatic heterocycles. The number of rotatable bonds is 21. The van der Waals surface area contributed by atoms with Crippen molar-refractivity contribution in [3.8, 4) is 0 Å². The molecule has 0 aliphatic heterocycles. The van der Waals surface area contributed by atoms with Crippen molar-refractivity contribution >= 4 is 0 Å². The Kier molecular flexibility index (Phi) is 21.9. The molecule has 0 radical (unpaired) electrons. The summed E-state index contributed by atoms with van der Waals surface area (Å²) >= 11 is 0. The molecular weight excluding hydrogens is 308 g/mol. The number of aliphatic hydroxyl groups is 1. The molecule has 25 heavy (non-hydrogen) atoms. The maximum Gasteiger partial charge on any atom is 0.0745 e. The van der Waals surface area contributed by atoms with Crippen LogP contribution in [0.5, 0.6) is 0 Å². The second-order valence-electron chi connectivity index (χ2n) is 7.93. The molecule has 0 saturated heterocycles. The lowest BCUT2D eigenvalue weighted by molar-refractivity contribution is 0.0445. The van der Waals surface area contributed by atoms with Crippen LogP contribution in [-0.2, 0) is 4.74 Å². The molecule has 0 aromatic carbocycles. The van der Waals surface area contributed by atoms with Gasteiger partial charge < -0.3 is 9.84 Å². The molecule has 0 bridgehead atoms. The third kappa shape index (κ3) is 23.9. The molecular formula is C23H48O2. The molecule has 0 saturated carbocycles. The smallest absolute Gasteiger partial charge is 0.0745 e. The second-order valence-corrected chi connectivity index (χ2v) is 7.93. The second kappa shape index (κ2) is 22.0. The van der Waals surface area contributed by atoms with Crippen molar-refractivity contribution in [1.82, 2.24) is 0 Å². The molecule has 1 N–H and O–H groups in total. The van der Waals surface area contributed by atoms with Gasteiger partial charge in [-0.3, -0.25) is 0 Å². The molecule has 0 heterocycles. The van der Waals surface area contributed by atoms with Crippen LogP contribution in [0.15, 0.2) is 0 Å². The Bertz CT molecular complexity index is 228. The summed E-state index contributed by atoms with van der Waals surface area (Å²) in [6, 6.07) is 0. The molecule has 152 valence electrons. The van der Waals surface area contributed by atoms with E-state index < -0.39 is 0 Å². The summed E-state index contributed by atoms with van der Waals surface area (Å²) in [7, 11) is 0. The lowest BCUT2D eigenvalue weighted by Gasteiger charge is -2.06. The fourth-order valence-electron chi connectivity index (χ4n) is 3.36. The van der Waals surface area contributed by atoms with Crippen molar-refractivity contribution in [3.63, 3.8) is 0 Å². The van der Waals surface area contributed by atoms with Crippen LogP contribution >= 0.6 is 0 Å². The molecule has 0 spiro atoms. The summed E-state index contributed by atoms with van der Waals surface area (Å²) in [6.45, 7) is 5.36. The van der Waals surface area contributed by atoms with Gasteiger partial charge in [0.2, 0.25) is 0 Å². The maximum absolute atomic E-state index is 9.08. The van der Waals surface area contributed by atoms with Crippen LogP contribution in [0.4, 0.5) is 0 Å². The molecule has 0 aliphatic carbocycles. The summed E-state index contributed by atoms with van der Waals surface area (Å²) in [5.74, 6) is 0. The average molecular weight is 357 g/mol. The van der Waals surface area contributed by atoms with Gasteiger partial charge in [-0.05, 0) is 13.3 Å². The van der Waals surface area contributed by atoms with Crippen LogP contribution in [0.25, 0.3) is 0 Å². The first kappa shape index (κ1) is 24.9. The van der Waals surface area contributed by atoms with E-state index in [4.69, 9.17) is 9.84 Å². The van der Waals surface area contributed by atoms with E-state index in [2.05, 4.69) is 6.92 Å². The van der Waals surface area contributed by atoms with Crippen LogP contribution in [-0.4, -0.2) is 24.4 Å². The van der Waals surface area contributed by atoms with Crippen molar-refractivity contribution in [2.45, 2.75) is 136 Å². The molecule has 0 rings (SSSR count). The molecule has 1 atom stereocenters. The fourth-order valence-corrected chi connectivity index (χ4v) is 3.36. The van der Waals surface area contributed by atoms with Crippen molar-refractivity contribution in [2.24, 2.45) is 0 Å². The van der Waals surface area contributed by atoms with E-state index in [0.29, 0.717) is 6.61 Å². The van der Waals surface area contributed by atoms with Gasteiger partial charge >= 0.3 is 0 Å². The third-order valence-corrected chi connectivity index (χ3v) is 5.00. The Morgan fingerprint density at radius 3 is 1.20 bits per heavy atom. The predicted octanol–water partition coefficient (Wildman–Crippen LogP) is 7.43.